The first-order valence-electron chi connectivity index (χ1n) is 9.68. The van der Waals surface area contributed by atoms with E-state index in [0.717, 1.165) is 41.8 Å². The molecule has 1 aliphatic carbocycles. The molecule has 0 bridgehead atoms. The molecule has 4 rings (SSSR count). The van der Waals surface area contributed by atoms with Crippen LogP contribution in [0, 0.1) is 5.92 Å². The van der Waals surface area contributed by atoms with Gasteiger partial charge in [0.1, 0.15) is 5.82 Å². The van der Waals surface area contributed by atoms with E-state index in [2.05, 4.69) is 17.1 Å². The molecule has 1 N–H and O–H groups in total. The maximum atomic E-state index is 13.1. The van der Waals surface area contributed by atoms with E-state index < -0.39 is 0 Å². The number of anilines is 1. The molecule has 0 unspecified atom stereocenters. The van der Waals surface area contributed by atoms with Gasteiger partial charge in [-0.1, -0.05) is 38.0 Å². The highest BCUT2D eigenvalue weighted by molar-refractivity contribution is 6.02. The van der Waals surface area contributed by atoms with Crippen molar-refractivity contribution >= 4 is 22.6 Å². The monoisotopic (exact) mass is 337 g/mol. The number of nitrogens with one attached hydrogen (secondary N) is 1. The number of benzene rings is 1. The summed E-state index contributed by atoms with van der Waals surface area (Å²) in [5.74, 6) is 1.46. The van der Waals surface area contributed by atoms with Crippen LogP contribution in [0.1, 0.15) is 55.8 Å². The average molecular weight is 337 g/mol. The average Bonchev–Trinajstić information content (AvgIpc) is 3.17. The van der Waals surface area contributed by atoms with Crippen LogP contribution in [-0.2, 0) is 0 Å². The molecule has 2 aliphatic rings. The first kappa shape index (κ1) is 16.4. The summed E-state index contributed by atoms with van der Waals surface area (Å²) in [5, 5.41) is 4.34. The molecule has 1 amide bonds. The Labute approximate surface area is 149 Å². The Morgan fingerprint density at radius 1 is 1.12 bits per heavy atom. The fourth-order valence-electron chi connectivity index (χ4n) is 4.22. The van der Waals surface area contributed by atoms with Crippen LogP contribution >= 0.6 is 0 Å². The molecule has 1 saturated carbocycles. The third-order valence-electron chi connectivity index (χ3n) is 5.78. The molecule has 132 valence electrons. The zero-order valence-corrected chi connectivity index (χ0v) is 15.0. The van der Waals surface area contributed by atoms with E-state index in [1.807, 2.05) is 30.3 Å². The van der Waals surface area contributed by atoms with Crippen molar-refractivity contribution in [3.8, 4) is 0 Å². The van der Waals surface area contributed by atoms with Crippen molar-refractivity contribution in [2.24, 2.45) is 5.92 Å². The number of aromatic nitrogens is 1. The van der Waals surface area contributed by atoms with Gasteiger partial charge in [-0.15, -0.1) is 0 Å². The number of fused-ring (bicyclic) bond motifs is 1. The number of rotatable bonds is 3. The summed E-state index contributed by atoms with van der Waals surface area (Å²) in [5.41, 5.74) is 1.70. The lowest BCUT2D eigenvalue weighted by molar-refractivity contribution is 0.0910. The molecule has 1 aromatic carbocycles. The highest BCUT2D eigenvalue weighted by Crippen LogP contribution is 2.28. The number of amides is 1. The molecule has 4 nitrogen and oxygen atoms in total. The Morgan fingerprint density at radius 2 is 1.88 bits per heavy atom. The van der Waals surface area contributed by atoms with Crippen molar-refractivity contribution in [3.63, 3.8) is 0 Å². The summed E-state index contributed by atoms with van der Waals surface area (Å²) in [6.07, 6.45) is 7.14. The predicted molar refractivity (Wildman–Crippen MR) is 102 cm³/mol. The van der Waals surface area contributed by atoms with Crippen LogP contribution in [0.25, 0.3) is 10.9 Å². The third-order valence-corrected chi connectivity index (χ3v) is 5.78. The van der Waals surface area contributed by atoms with Gasteiger partial charge < -0.3 is 10.2 Å². The van der Waals surface area contributed by atoms with E-state index in [9.17, 15) is 4.79 Å². The molecule has 2 atom stereocenters. The fourth-order valence-corrected chi connectivity index (χ4v) is 4.22. The summed E-state index contributed by atoms with van der Waals surface area (Å²) >= 11 is 0. The van der Waals surface area contributed by atoms with E-state index in [1.54, 1.807) is 0 Å². The minimum atomic E-state index is 0.0407. The molecule has 0 radical (unpaired) electrons. The maximum Gasteiger partial charge on any atom is 0.255 e. The molecular formula is C21H27N3O. The predicted octanol–water partition coefficient (Wildman–Crippen LogP) is 4.14. The van der Waals surface area contributed by atoms with Gasteiger partial charge in [0.15, 0.2) is 0 Å². The molecule has 25 heavy (non-hydrogen) atoms. The zero-order valence-electron chi connectivity index (χ0n) is 15.0. The number of pyridine rings is 1. The van der Waals surface area contributed by atoms with Crippen LogP contribution in [0.15, 0.2) is 30.3 Å². The number of carbonyl (C=O) groups is 1. The minimum Gasteiger partial charge on any atom is -0.356 e. The molecule has 2 fully saturated rings. The van der Waals surface area contributed by atoms with E-state index >= 15 is 0 Å². The summed E-state index contributed by atoms with van der Waals surface area (Å²) < 4.78 is 0. The highest BCUT2D eigenvalue weighted by Gasteiger charge is 2.26. The molecule has 1 aromatic heterocycles. The molecule has 2 aromatic rings. The number of carbonyl (C=O) groups excluding carboxylic acids is 1. The second-order valence-corrected chi connectivity index (χ2v) is 7.59. The van der Waals surface area contributed by atoms with Crippen LogP contribution in [0.2, 0.25) is 0 Å². The molecular weight excluding hydrogens is 310 g/mol. The van der Waals surface area contributed by atoms with Crippen molar-refractivity contribution in [3.05, 3.63) is 35.9 Å². The van der Waals surface area contributed by atoms with Gasteiger partial charge in [0.2, 0.25) is 0 Å². The summed E-state index contributed by atoms with van der Waals surface area (Å²) in [6.45, 7) is 4.24. The Kier molecular flexibility index (Phi) is 4.60. The minimum absolute atomic E-state index is 0.0407. The summed E-state index contributed by atoms with van der Waals surface area (Å²) in [6, 6.07) is 10.4. The first-order valence-corrected chi connectivity index (χ1v) is 9.68. The lowest BCUT2D eigenvalue weighted by Crippen LogP contribution is -2.41. The Hall–Kier alpha value is -2.10. The zero-order chi connectivity index (χ0) is 17.2. The van der Waals surface area contributed by atoms with Gasteiger partial charge in [0, 0.05) is 24.5 Å². The quantitative estimate of drug-likeness (QED) is 0.915. The smallest absolute Gasteiger partial charge is 0.255 e. The molecule has 4 heteroatoms. The fraction of sp³-hybridized carbons (Fsp3) is 0.524. The van der Waals surface area contributed by atoms with Gasteiger partial charge in [-0.25, -0.2) is 4.98 Å². The van der Waals surface area contributed by atoms with Crippen molar-refractivity contribution in [1.29, 1.82) is 0 Å². The van der Waals surface area contributed by atoms with Gasteiger partial charge in [0.25, 0.3) is 5.91 Å². The van der Waals surface area contributed by atoms with Crippen LogP contribution in [0.5, 0.6) is 0 Å². The van der Waals surface area contributed by atoms with Crippen molar-refractivity contribution in [2.75, 3.05) is 18.0 Å². The lowest BCUT2D eigenvalue weighted by atomic mass is 9.86. The second kappa shape index (κ2) is 7.03. The van der Waals surface area contributed by atoms with Crippen LogP contribution < -0.4 is 10.2 Å². The van der Waals surface area contributed by atoms with Gasteiger partial charge >= 0.3 is 0 Å². The SMILES string of the molecule is C[C@H]1CCCC[C@@H]1NC(=O)c1cc2ccccc2nc1N1CCCC1. The van der Waals surface area contributed by atoms with Crippen molar-refractivity contribution < 1.29 is 4.79 Å². The number of hydrogen-bond donors (Lipinski definition) is 1. The molecule has 2 heterocycles. The Morgan fingerprint density at radius 3 is 2.68 bits per heavy atom. The van der Waals surface area contributed by atoms with E-state index in [-0.39, 0.29) is 5.91 Å². The largest absolute Gasteiger partial charge is 0.356 e. The number of para-hydroxylation sites is 1. The maximum absolute atomic E-state index is 13.1. The summed E-state index contributed by atoms with van der Waals surface area (Å²) in [4.78, 5) is 20.2. The van der Waals surface area contributed by atoms with E-state index in [0.29, 0.717) is 12.0 Å². The number of nitrogens with zero attached hydrogens (tertiary/aromatic N) is 2. The molecule has 1 saturated heterocycles. The Balaban J connectivity index is 1.68. The van der Waals surface area contributed by atoms with Crippen LogP contribution in [0.4, 0.5) is 5.82 Å². The van der Waals surface area contributed by atoms with E-state index in [1.165, 1.54) is 32.1 Å². The van der Waals surface area contributed by atoms with Crippen LogP contribution in [-0.4, -0.2) is 30.0 Å². The van der Waals surface area contributed by atoms with Crippen molar-refractivity contribution in [2.45, 2.75) is 51.5 Å². The van der Waals surface area contributed by atoms with Gasteiger partial charge in [-0.2, -0.15) is 0 Å². The van der Waals surface area contributed by atoms with Gasteiger partial charge in [0.05, 0.1) is 11.1 Å². The normalized spacial score (nSPS) is 23.8. The van der Waals surface area contributed by atoms with Gasteiger partial charge in [-0.3, -0.25) is 4.79 Å². The third kappa shape index (κ3) is 3.35. The topological polar surface area (TPSA) is 45.2 Å². The van der Waals surface area contributed by atoms with Crippen molar-refractivity contribution in [1.82, 2.24) is 10.3 Å². The second-order valence-electron chi connectivity index (χ2n) is 7.59. The highest BCUT2D eigenvalue weighted by atomic mass is 16.1. The standard InChI is InChI=1S/C21H27N3O/c1-15-8-2-4-10-18(15)23-21(25)17-14-16-9-3-5-11-19(16)22-20(17)24-12-6-7-13-24/h3,5,9,11,14-15,18H,2,4,6-8,10,12-13H2,1H3,(H,23,25)/t15-,18-/m0/s1. The Bertz CT molecular complexity index is 767. The molecule has 0 spiro atoms. The number of hydrogen-bond acceptors (Lipinski definition) is 3. The summed E-state index contributed by atoms with van der Waals surface area (Å²) in [7, 11) is 0. The lowest BCUT2D eigenvalue weighted by Gasteiger charge is -2.30. The van der Waals surface area contributed by atoms with Crippen LogP contribution in [0.3, 0.4) is 0 Å². The first-order chi connectivity index (χ1) is 12.2. The van der Waals surface area contributed by atoms with Gasteiger partial charge in [-0.05, 0) is 43.7 Å². The molecule has 1 aliphatic heterocycles. The van der Waals surface area contributed by atoms with E-state index in [4.69, 9.17) is 4.98 Å².